The van der Waals surface area contributed by atoms with E-state index in [9.17, 15) is 5.21 Å². The van der Waals surface area contributed by atoms with Crippen LogP contribution in [0.2, 0.25) is 5.15 Å². The van der Waals surface area contributed by atoms with Crippen molar-refractivity contribution in [3.8, 4) is 22.5 Å². The Kier molecular flexibility index (Phi) is 11.7. The summed E-state index contributed by atoms with van der Waals surface area (Å²) in [6.45, 7) is 14.1. The summed E-state index contributed by atoms with van der Waals surface area (Å²) in [6.07, 6.45) is 4.66. The zero-order chi connectivity index (χ0) is 33.3. The molecule has 0 amide bonds. The smallest absolute Gasteiger partial charge is 0.198 e. The van der Waals surface area contributed by atoms with Gasteiger partial charge in [-0.2, -0.15) is 9.41 Å². The van der Waals surface area contributed by atoms with Gasteiger partial charge in [-0.25, -0.2) is 4.98 Å². The number of aryl methyl sites for hydroxylation is 1. The minimum absolute atomic E-state index is 0.292. The molecule has 0 N–H and O–H groups in total. The van der Waals surface area contributed by atoms with Crippen molar-refractivity contribution >= 4 is 11.6 Å². The number of nitrogens with zero attached hydrogens (tertiary/aromatic N) is 8. The Morgan fingerprint density at radius 2 is 1.68 bits per heavy atom. The maximum Gasteiger partial charge on any atom is 0.198 e. The van der Waals surface area contributed by atoms with Gasteiger partial charge in [0.2, 0.25) is 0 Å². The first-order chi connectivity index (χ1) is 22.9. The van der Waals surface area contributed by atoms with Gasteiger partial charge in [0.15, 0.2) is 29.1 Å². The van der Waals surface area contributed by atoms with Gasteiger partial charge in [-0.1, -0.05) is 87.3 Å². The van der Waals surface area contributed by atoms with E-state index in [1.54, 1.807) is 10.9 Å². The average molecular weight is 657 g/mol. The average Bonchev–Trinajstić information content (AvgIpc) is 3.69. The van der Waals surface area contributed by atoms with Crippen molar-refractivity contribution < 1.29 is 9.47 Å². The van der Waals surface area contributed by atoms with Crippen LogP contribution in [0, 0.1) is 5.21 Å². The van der Waals surface area contributed by atoms with Gasteiger partial charge >= 0.3 is 0 Å². The number of imidazole rings is 1. The normalized spacial score (nSPS) is 12.2. The Hall–Kier alpha value is -4.12. The fraction of sp³-hybridized carbons (Fsp3) is 0.417. The quantitative estimate of drug-likeness (QED) is 0.0844. The van der Waals surface area contributed by atoms with Gasteiger partial charge in [-0.3, -0.25) is 4.90 Å². The van der Waals surface area contributed by atoms with Crippen LogP contribution in [-0.2, 0) is 30.7 Å². The van der Waals surface area contributed by atoms with Crippen molar-refractivity contribution in [1.82, 2.24) is 34.7 Å². The van der Waals surface area contributed by atoms with Crippen molar-refractivity contribution in [2.75, 3.05) is 19.7 Å². The molecule has 5 aromatic rings. The summed E-state index contributed by atoms with van der Waals surface area (Å²) < 4.78 is 10.6. The molecule has 0 aliphatic heterocycles. The molecular formula is C36H45ClN8O2. The number of tetrazole rings is 1. The standard InChI is InChI=1S/C36H45ClN8O2/c1-6-10-15-34-38-35(37)33(22-30-21-18-28(25-44(30)46)23-42(7-2)8-3)43(34)24-27-16-19-29(20-17-27)31-13-11-12-14-32(31)36-39-40-41-45(36)26(5)47-9-4/h11-14,16-21,25-26H,6-10,15,22-24H2,1-5H3. The molecule has 47 heavy (non-hydrogen) atoms. The van der Waals surface area contributed by atoms with E-state index in [-0.39, 0.29) is 6.23 Å². The molecule has 10 nitrogen and oxygen atoms in total. The zero-order valence-corrected chi connectivity index (χ0v) is 28.8. The third-order valence-corrected chi connectivity index (χ3v) is 8.88. The van der Waals surface area contributed by atoms with Gasteiger partial charge < -0.3 is 14.5 Å². The maximum absolute atomic E-state index is 13.1. The van der Waals surface area contributed by atoms with E-state index in [0.717, 1.165) is 83.0 Å². The molecule has 1 atom stereocenters. The van der Waals surface area contributed by atoms with Crippen LogP contribution in [0.1, 0.15) is 82.0 Å². The number of ether oxygens (including phenoxy) is 1. The van der Waals surface area contributed by atoms with Crippen LogP contribution in [0.15, 0.2) is 66.9 Å². The Labute approximate surface area is 282 Å². The van der Waals surface area contributed by atoms with Gasteiger partial charge in [0.05, 0.1) is 12.1 Å². The minimum atomic E-state index is -0.292. The predicted octanol–water partition coefficient (Wildman–Crippen LogP) is 6.87. The largest absolute Gasteiger partial charge is 0.618 e. The Morgan fingerprint density at radius 3 is 2.36 bits per heavy atom. The Morgan fingerprint density at radius 1 is 0.957 bits per heavy atom. The fourth-order valence-corrected chi connectivity index (χ4v) is 6.14. The number of pyridine rings is 1. The van der Waals surface area contributed by atoms with Crippen LogP contribution in [0.5, 0.6) is 0 Å². The predicted molar refractivity (Wildman–Crippen MR) is 185 cm³/mol. The van der Waals surface area contributed by atoms with E-state index >= 15 is 0 Å². The maximum atomic E-state index is 13.1. The highest BCUT2D eigenvalue weighted by Gasteiger charge is 2.21. The summed E-state index contributed by atoms with van der Waals surface area (Å²) in [6, 6.07) is 20.6. The third kappa shape index (κ3) is 8.06. The van der Waals surface area contributed by atoms with Crippen molar-refractivity contribution in [3.63, 3.8) is 0 Å². The van der Waals surface area contributed by atoms with E-state index < -0.39 is 0 Å². The van der Waals surface area contributed by atoms with Crippen molar-refractivity contribution in [1.29, 1.82) is 0 Å². The SMILES string of the molecule is CCCCc1nc(Cl)c(Cc2ccc(CN(CC)CC)c[n+]2[O-])n1Cc1ccc(-c2ccccc2-c2nnnn2C(C)OCC)cc1. The lowest BCUT2D eigenvalue weighted by molar-refractivity contribution is -0.614. The second kappa shape index (κ2) is 16.1. The lowest BCUT2D eigenvalue weighted by Gasteiger charge is -2.18. The zero-order valence-electron chi connectivity index (χ0n) is 28.1. The number of rotatable bonds is 16. The fourth-order valence-electron chi connectivity index (χ4n) is 5.88. The Bertz CT molecular complexity index is 1750. The summed E-state index contributed by atoms with van der Waals surface area (Å²) >= 11 is 6.78. The van der Waals surface area contributed by atoms with E-state index in [4.69, 9.17) is 21.3 Å². The molecule has 248 valence electrons. The second-order valence-electron chi connectivity index (χ2n) is 11.7. The molecule has 2 aromatic carbocycles. The molecule has 3 aromatic heterocycles. The summed E-state index contributed by atoms with van der Waals surface area (Å²) in [4.78, 5) is 7.06. The molecule has 0 saturated heterocycles. The monoisotopic (exact) mass is 656 g/mol. The molecule has 11 heteroatoms. The van der Waals surface area contributed by atoms with Gasteiger partial charge in [0.25, 0.3) is 0 Å². The first kappa shape index (κ1) is 34.2. The lowest BCUT2D eigenvalue weighted by Crippen LogP contribution is -2.33. The lowest BCUT2D eigenvalue weighted by atomic mass is 9.98. The molecule has 0 aliphatic rings. The highest BCUT2D eigenvalue weighted by atomic mass is 35.5. The van der Waals surface area contributed by atoms with E-state index in [2.05, 4.69) is 76.1 Å². The highest BCUT2D eigenvalue weighted by Crippen LogP contribution is 2.32. The summed E-state index contributed by atoms with van der Waals surface area (Å²) in [5.41, 5.74) is 6.61. The summed E-state index contributed by atoms with van der Waals surface area (Å²) in [7, 11) is 0. The van der Waals surface area contributed by atoms with E-state index in [0.29, 0.717) is 36.2 Å². The van der Waals surface area contributed by atoms with Crippen LogP contribution >= 0.6 is 11.6 Å². The number of hydrogen-bond acceptors (Lipinski definition) is 7. The second-order valence-corrected chi connectivity index (χ2v) is 12.1. The number of hydrogen-bond donors (Lipinski definition) is 0. The molecule has 0 radical (unpaired) electrons. The molecule has 0 aliphatic carbocycles. The molecule has 0 bridgehead atoms. The third-order valence-electron chi connectivity index (χ3n) is 8.58. The van der Waals surface area contributed by atoms with Gasteiger partial charge in [0, 0.05) is 43.3 Å². The number of halogens is 1. The summed E-state index contributed by atoms with van der Waals surface area (Å²) in [5.74, 6) is 1.59. The first-order valence-corrected chi connectivity index (χ1v) is 17.0. The topological polar surface area (TPSA) is 101 Å². The van der Waals surface area contributed by atoms with Crippen LogP contribution in [0.25, 0.3) is 22.5 Å². The minimum Gasteiger partial charge on any atom is -0.618 e. The number of unbranched alkanes of at least 4 members (excludes halogenated alkanes) is 1. The molecule has 3 heterocycles. The molecule has 0 spiro atoms. The van der Waals surface area contributed by atoms with E-state index in [1.807, 2.05) is 44.2 Å². The van der Waals surface area contributed by atoms with Crippen molar-refractivity contribution in [3.05, 3.63) is 106 Å². The molecule has 0 saturated carbocycles. The summed E-state index contributed by atoms with van der Waals surface area (Å²) in [5, 5.41) is 26.1. The van der Waals surface area contributed by atoms with Crippen LogP contribution in [0.3, 0.4) is 0 Å². The van der Waals surface area contributed by atoms with Gasteiger partial charge in [-0.05, 0) is 66.5 Å². The van der Waals surface area contributed by atoms with Gasteiger partial charge in [-0.15, -0.1) is 5.10 Å². The number of aromatic nitrogens is 7. The first-order valence-electron chi connectivity index (χ1n) is 16.6. The molecule has 5 rings (SSSR count). The highest BCUT2D eigenvalue weighted by molar-refractivity contribution is 6.30. The van der Waals surface area contributed by atoms with Crippen molar-refractivity contribution in [2.45, 2.75) is 79.6 Å². The molecule has 1 unspecified atom stereocenters. The Balaban J connectivity index is 1.42. The van der Waals surface area contributed by atoms with E-state index in [1.165, 1.54) is 0 Å². The van der Waals surface area contributed by atoms with Crippen LogP contribution in [0.4, 0.5) is 0 Å². The molecular weight excluding hydrogens is 612 g/mol. The van der Waals surface area contributed by atoms with Gasteiger partial charge in [0.1, 0.15) is 5.82 Å². The van der Waals surface area contributed by atoms with Crippen LogP contribution < -0.4 is 4.73 Å². The van der Waals surface area contributed by atoms with Crippen molar-refractivity contribution in [2.24, 2.45) is 0 Å². The number of benzene rings is 2. The van der Waals surface area contributed by atoms with Crippen LogP contribution in [-0.4, -0.2) is 54.4 Å². The molecule has 0 fully saturated rings.